The second-order valence-electron chi connectivity index (χ2n) is 3.42. The Bertz CT molecular complexity index is 360. The molecule has 0 saturated heterocycles. The van der Waals surface area contributed by atoms with Gasteiger partial charge in [0.15, 0.2) is 6.21 Å². The van der Waals surface area contributed by atoms with Gasteiger partial charge in [0, 0.05) is 12.0 Å². The number of hydrogen-bond acceptors (Lipinski definition) is 1. The summed E-state index contributed by atoms with van der Waals surface area (Å²) in [5.74, 6) is 0.955. The number of likely N-dealkylation sites (N-methyl/N-ethyl adjacent to an activating group) is 1. The van der Waals surface area contributed by atoms with Crippen LogP contribution in [0.4, 0.5) is 0 Å². The predicted molar refractivity (Wildman–Crippen MR) is 52.9 cm³/mol. The zero-order valence-electron chi connectivity index (χ0n) is 8.46. The highest BCUT2D eigenvalue weighted by atomic mass is 127. The Hall–Kier alpha value is -0.580. The van der Waals surface area contributed by atoms with Gasteiger partial charge in [0.1, 0.15) is 19.3 Å². The lowest BCUT2D eigenvalue weighted by atomic mass is 10.0. The molecule has 0 fully saturated rings. The summed E-state index contributed by atoms with van der Waals surface area (Å²) in [5, 5.41) is 0. The van der Waals surface area contributed by atoms with Crippen molar-refractivity contribution in [3.63, 3.8) is 0 Å². The molecule has 0 atom stereocenters. The fourth-order valence-corrected chi connectivity index (χ4v) is 1.65. The van der Waals surface area contributed by atoms with Crippen LogP contribution in [0.5, 0.6) is 5.75 Å². The minimum Gasteiger partial charge on any atom is -1.00 e. The maximum atomic E-state index is 5.18. The van der Waals surface area contributed by atoms with Crippen molar-refractivity contribution < 1.29 is 33.3 Å². The molecule has 1 aliphatic heterocycles. The van der Waals surface area contributed by atoms with Crippen LogP contribution in [0.25, 0.3) is 0 Å². The van der Waals surface area contributed by atoms with Crippen LogP contribution in [0, 0.1) is 0 Å². The van der Waals surface area contributed by atoms with Gasteiger partial charge in [-0.2, -0.15) is 0 Å². The third-order valence-corrected chi connectivity index (χ3v) is 2.44. The Kier molecular flexibility index (Phi) is 3.92. The molecule has 2 rings (SSSR count). The summed E-state index contributed by atoms with van der Waals surface area (Å²) >= 11 is 0. The van der Waals surface area contributed by atoms with Crippen molar-refractivity contribution in [3.05, 3.63) is 29.3 Å². The van der Waals surface area contributed by atoms with E-state index in [9.17, 15) is 0 Å². The van der Waals surface area contributed by atoms with E-state index in [1.54, 1.807) is 7.11 Å². The van der Waals surface area contributed by atoms with Gasteiger partial charge in [0.25, 0.3) is 0 Å². The Morgan fingerprint density at radius 3 is 2.86 bits per heavy atom. The fourth-order valence-electron chi connectivity index (χ4n) is 1.65. The Labute approximate surface area is 102 Å². The maximum Gasteiger partial charge on any atom is 0.170 e. The smallest absolute Gasteiger partial charge is 0.170 e. The Morgan fingerprint density at radius 1 is 1.36 bits per heavy atom. The first-order valence-electron chi connectivity index (χ1n) is 4.51. The van der Waals surface area contributed by atoms with Crippen LogP contribution in [-0.4, -0.2) is 31.5 Å². The average molecular weight is 303 g/mol. The molecule has 1 aromatic carbocycles. The average Bonchev–Trinajstić information content (AvgIpc) is 2.17. The molecule has 0 aromatic heterocycles. The molecule has 3 heteroatoms. The number of rotatable bonds is 1. The molecule has 1 aromatic rings. The molecular weight excluding hydrogens is 289 g/mol. The van der Waals surface area contributed by atoms with Crippen molar-refractivity contribution in [1.82, 2.24) is 0 Å². The zero-order valence-corrected chi connectivity index (χ0v) is 10.6. The second kappa shape index (κ2) is 4.77. The summed E-state index contributed by atoms with van der Waals surface area (Å²) in [5.41, 5.74) is 2.70. The van der Waals surface area contributed by atoms with E-state index in [4.69, 9.17) is 4.74 Å². The molecule has 0 saturated carbocycles. The standard InChI is InChI=1S/C11H14NO.HI/c1-12-6-5-9-7-11(13-2)4-3-10(9)8-12;/h3-4,7-8H,5-6H2,1-2H3;1H/q+1;/p-1. The highest BCUT2D eigenvalue weighted by Gasteiger charge is 2.12. The van der Waals surface area contributed by atoms with Crippen molar-refractivity contribution >= 4 is 6.21 Å². The number of nitrogens with zero attached hydrogens (tertiary/aromatic N) is 1. The molecule has 1 aliphatic rings. The first-order valence-corrected chi connectivity index (χ1v) is 4.51. The minimum absolute atomic E-state index is 0. The molecule has 14 heavy (non-hydrogen) atoms. The number of methoxy groups -OCH3 is 1. The molecule has 0 aliphatic carbocycles. The zero-order chi connectivity index (χ0) is 9.26. The molecule has 1 heterocycles. The molecule has 2 nitrogen and oxygen atoms in total. The predicted octanol–water partition coefficient (Wildman–Crippen LogP) is -1.68. The largest absolute Gasteiger partial charge is 1.00 e. The van der Waals surface area contributed by atoms with Gasteiger partial charge < -0.3 is 28.7 Å². The number of benzene rings is 1. The monoisotopic (exact) mass is 303 g/mol. The summed E-state index contributed by atoms with van der Waals surface area (Å²) in [4.78, 5) is 0. The second-order valence-corrected chi connectivity index (χ2v) is 3.42. The van der Waals surface area contributed by atoms with E-state index in [-0.39, 0.29) is 24.0 Å². The SMILES string of the molecule is COc1ccc2c(c1)CC[N+](C)=C2.[I-]. The molecule has 0 bridgehead atoms. The van der Waals surface area contributed by atoms with Gasteiger partial charge in [-0.25, -0.2) is 4.58 Å². The lowest BCUT2D eigenvalue weighted by Crippen LogP contribution is -3.00. The Morgan fingerprint density at radius 2 is 2.14 bits per heavy atom. The number of ether oxygens (including phenoxy) is 1. The lowest BCUT2D eigenvalue weighted by Gasteiger charge is -2.10. The van der Waals surface area contributed by atoms with Gasteiger partial charge in [-0.1, -0.05) is 0 Å². The van der Waals surface area contributed by atoms with Crippen molar-refractivity contribution in [2.24, 2.45) is 0 Å². The minimum atomic E-state index is 0. The quantitative estimate of drug-likeness (QED) is 0.446. The first-order chi connectivity index (χ1) is 6.29. The number of fused-ring (bicyclic) bond motifs is 1. The van der Waals surface area contributed by atoms with Crippen LogP contribution in [0.3, 0.4) is 0 Å². The summed E-state index contributed by atoms with van der Waals surface area (Å²) in [7, 11) is 3.81. The van der Waals surface area contributed by atoms with Crippen molar-refractivity contribution in [2.75, 3.05) is 20.7 Å². The fraction of sp³-hybridized carbons (Fsp3) is 0.364. The summed E-state index contributed by atoms with van der Waals surface area (Å²) in [6.45, 7) is 1.10. The normalized spacial score (nSPS) is 13.7. The van der Waals surface area contributed by atoms with Crippen molar-refractivity contribution in [1.29, 1.82) is 0 Å². The van der Waals surface area contributed by atoms with Gasteiger partial charge in [0.2, 0.25) is 0 Å². The van der Waals surface area contributed by atoms with E-state index in [1.807, 2.05) is 6.07 Å². The van der Waals surface area contributed by atoms with E-state index in [0.29, 0.717) is 0 Å². The molecule has 0 amide bonds. The van der Waals surface area contributed by atoms with Gasteiger partial charge >= 0.3 is 0 Å². The van der Waals surface area contributed by atoms with E-state index >= 15 is 0 Å². The van der Waals surface area contributed by atoms with E-state index in [1.165, 1.54) is 11.1 Å². The maximum absolute atomic E-state index is 5.18. The van der Waals surface area contributed by atoms with Gasteiger partial charge in [-0.05, 0) is 23.8 Å². The Balaban J connectivity index is 0.000000980. The van der Waals surface area contributed by atoms with Gasteiger partial charge in [-0.3, -0.25) is 0 Å². The third kappa shape index (κ3) is 2.26. The molecule has 0 radical (unpaired) electrons. The molecule has 76 valence electrons. The number of halogens is 1. The van der Waals surface area contributed by atoms with Crippen LogP contribution in [0.2, 0.25) is 0 Å². The van der Waals surface area contributed by atoms with Crippen LogP contribution in [0.15, 0.2) is 18.2 Å². The molecule has 0 N–H and O–H groups in total. The highest BCUT2D eigenvalue weighted by Crippen LogP contribution is 2.18. The van der Waals surface area contributed by atoms with Crippen molar-refractivity contribution in [3.8, 4) is 5.75 Å². The number of hydrogen-bond donors (Lipinski definition) is 0. The van der Waals surface area contributed by atoms with Crippen LogP contribution >= 0.6 is 0 Å². The van der Waals surface area contributed by atoms with Crippen LogP contribution < -0.4 is 28.7 Å². The molecule has 0 unspecified atom stereocenters. The molecular formula is C11H14INO. The summed E-state index contributed by atoms with van der Waals surface area (Å²) < 4.78 is 7.40. The highest BCUT2D eigenvalue weighted by molar-refractivity contribution is 5.79. The van der Waals surface area contributed by atoms with E-state index in [2.05, 4.69) is 30.0 Å². The molecule has 0 spiro atoms. The topological polar surface area (TPSA) is 12.2 Å². The van der Waals surface area contributed by atoms with E-state index < -0.39 is 0 Å². The first kappa shape index (κ1) is 11.5. The summed E-state index contributed by atoms with van der Waals surface area (Å²) in [6.07, 6.45) is 3.29. The lowest BCUT2D eigenvalue weighted by molar-refractivity contribution is -0.493. The van der Waals surface area contributed by atoms with Gasteiger partial charge in [0.05, 0.1) is 7.11 Å². The van der Waals surface area contributed by atoms with Crippen LogP contribution in [0.1, 0.15) is 11.1 Å². The van der Waals surface area contributed by atoms with Crippen LogP contribution in [-0.2, 0) is 6.42 Å². The third-order valence-electron chi connectivity index (χ3n) is 2.44. The summed E-state index contributed by atoms with van der Waals surface area (Å²) in [6, 6.07) is 6.25. The van der Waals surface area contributed by atoms with Gasteiger partial charge in [-0.15, -0.1) is 0 Å². The van der Waals surface area contributed by atoms with E-state index in [0.717, 1.165) is 18.7 Å². The van der Waals surface area contributed by atoms with Crippen molar-refractivity contribution in [2.45, 2.75) is 6.42 Å².